The molecule has 0 aliphatic rings. The molecule has 0 bridgehead atoms. The maximum Gasteiger partial charge on any atom is 0.280 e. The summed E-state index contributed by atoms with van der Waals surface area (Å²) in [6.45, 7) is 1.72. The molecule has 0 radical (unpaired) electrons. The molecule has 32 heavy (non-hydrogen) atoms. The lowest BCUT2D eigenvalue weighted by molar-refractivity contribution is -0.127. The molecule has 0 saturated heterocycles. The minimum Gasteiger partial charge on any atom is -0.481 e. The highest BCUT2D eigenvalue weighted by Gasteiger charge is 2.14. The Morgan fingerprint density at radius 2 is 1.38 bits per heavy atom. The fraction of sp³-hybridized carbons (Fsp3) is 0.0714. The van der Waals surface area contributed by atoms with Gasteiger partial charge in [-0.05, 0) is 57.4 Å². The number of benzene rings is 5. The zero-order valence-corrected chi connectivity index (χ0v) is 17.7. The average Bonchev–Trinajstić information content (AvgIpc) is 2.83. The number of amides is 1. The number of hydrogen-bond donors (Lipinski definition) is 1. The van der Waals surface area contributed by atoms with Crippen LogP contribution in [0, 0.1) is 0 Å². The molecule has 5 aromatic carbocycles. The van der Waals surface area contributed by atoms with Crippen LogP contribution in [-0.4, -0.2) is 18.2 Å². The van der Waals surface area contributed by atoms with Crippen LogP contribution in [0.5, 0.6) is 5.75 Å². The van der Waals surface area contributed by atoms with Crippen molar-refractivity contribution in [3.8, 4) is 5.75 Å². The van der Waals surface area contributed by atoms with E-state index in [1.54, 1.807) is 13.1 Å². The maximum atomic E-state index is 12.6. The number of carbonyl (C=O) groups excluding carboxylic acids is 1. The van der Waals surface area contributed by atoms with Crippen LogP contribution in [0.4, 0.5) is 0 Å². The van der Waals surface area contributed by atoms with Crippen molar-refractivity contribution in [2.45, 2.75) is 13.0 Å². The third kappa shape index (κ3) is 3.91. The van der Waals surface area contributed by atoms with Gasteiger partial charge in [-0.2, -0.15) is 5.10 Å². The van der Waals surface area contributed by atoms with Crippen LogP contribution in [0.15, 0.2) is 102 Å². The number of hydrogen-bond acceptors (Lipinski definition) is 3. The highest BCUT2D eigenvalue weighted by atomic mass is 16.5. The summed E-state index contributed by atoms with van der Waals surface area (Å²) in [5.74, 6) is 0.342. The maximum absolute atomic E-state index is 12.6. The van der Waals surface area contributed by atoms with Gasteiger partial charge < -0.3 is 4.74 Å². The predicted molar refractivity (Wildman–Crippen MR) is 131 cm³/mol. The third-order valence-corrected chi connectivity index (χ3v) is 5.58. The van der Waals surface area contributed by atoms with Gasteiger partial charge in [0.25, 0.3) is 5.91 Å². The van der Waals surface area contributed by atoms with E-state index in [4.69, 9.17) is 4.74 Å². The van der Waals surface area contributed by atoms with E-state index in [-0.39, 0.29) is 5.91 Å². The van der Waals surface area contributed by atoms with Crippen molar-refractivity contribution in [1.29, 1.82) is 0 Å². The first kappa shape index (κ1) is 19.8. The van der Waals surface area contributed by atoms with E-state index in [2.05, 4.69) is 40.9 Å². The van der Waals surface area contributed by atoms with Crippen molar-refractivity contribution in [1.82, 2.24) is 5.43 Å². The number of nitrogens with one attached hydrogen (secondary N) is 1. The normalized spacial score (nSPS) is 12.4. The molecule has 0 aromatic heterocycles. The van der Waals surface area contributed by atoms with Gasteiger partial charge in [0.2, 0.25) is 0 Å². The number of ether oxygens (including phenoxy) is 1. The van der Waals surface area contributed by atoms with Crippen LogP contribution < -0.4 is 10.2 Å². The first-order chi connectivity index (χ1) is 15.7. The molecule has 0 aliphatic heterocycles. The topological polar surface area (TPSA) is 50.7 Å². The van der Waals surface area contributed by atoms with Gasteiger partial charge in [0.05, 0.1) is 6.21 Å². The Morgan fingerprint density at radius 1 is 0.781 bits per heavy atom. The quantitative estimate of drug-likeness (QED) is 0.214. The van der Waals surface area contributed by atoms with E-state index >= 15 is 0 Å². The molecule has 1 atom stereocenters. The molecule has 0 aliphatic carbocycles. The largest absolute Gasteiger partial charge is 0.481 e. The van der Waals surface area contributed by atoms with E-state index < -0.39 is 6.10 Å². The predicted octanol–water partition coefficient (Wildman–Crippen LogP) is 6.06. The Bertz CT molecular complexity index is 1420. The monoisotopic (exact) mass is 418 g/mol. The minimum absolute atomic E-state index is 0.307. The zero-order valence-electron chi connectivity index (χ0n) is 17.7. The summed E-state index contributed by atoms with van der Waals surface area (Å²) in [5, 5.41) is 10.9. The van der Waals surface area contributed by atoms with Gasteiger partial charge in [0.15, 0.2) is 6.10 Å². The third-order valence-electron chi connectivity index (χ3n) is 5.58. The molecule has 0 saturated carbocycles. The molecular formula is C28H22N2O2. The average molecular weight is 418 g/mol. The van der Waals surface area contributed by atoms with Crippen molar-refractivity contribution in [3.05, 3.63) is 103 Å². The van der Waals surface area contributed by atoms with Gasteiger partial charge in [-0.3, -0.25) is 4.79 Å². The summed E-state index contributed by atoms with van der Waals surface area (Å²) >= 11 is 0. The first-order valence-corrected chi connectivity index (χ1v) is 10.6. The van der Waals surface area contributed by atoms with Crippen LogP contribution in [0.25, 0.3) is 32.3 Å². The summed E-state index contributed by atoms with van der Waals surface area (Å²) < 4.78 is 5.84. The van der Waals surface area contributed by atoms with Crippen molar-refractivity contribution < 1.29 is 9.53 Å². The van der Waals surface area contributed by atoms with Gasteiger partial charge in [-0.25, -0.2) is 5.43 Å². The van der Waals surface area contributed by atoms with Crippen molar-refractivity contribution in [2.24, 2.45) is 5.10 Å². The van der Waals surface area contributed by atoms with Crippen molar-refractivity contribution >= 4 is 44.4 Å². The number of fused-ring (bicyclic) bond motifs is 3. The smallest absolute Gasteiger partial charge is 0.280 e. The molecule has 4 nitrogen and oxygen atoms in total. The van der Waals surface area contributed by atoms with E-state index in [1.165, 1.54) is 0 Å². The number of nitrogens with zero attached hydrogens (tertiary/aromatic N) is 1. The fourth-order valence-corrected chi connectivity index (χ4v) is 3.94. The van der Waals surface area contributed by atoms with Gasteiger partial charge in [-0.1, -0.05) is 78.9 Å². The summed E-state index contributed by atoms with van der Waals surface area (Å²) in [4.78, 5) is 12.6. The summed E-state index contributed by atoms with van der Waals surface area (Å²) in [7, 11) is 0. The Morgan fingerprint density at radius 3 is 2.06 bits per heavy atom. The van der Waals surface area contributed by atoms with Gasteiger partial charge in [0, 0.05) is 5.56 Å². The molecule has 0 fully saturated rings. The van der Waals surface area contributed by atoms with Crippen LogP contribution in [0.3, 0.4) is 0 Å². The van der Waals surface area contributed by atoms with Crippen LogP contribution in [0.1, 0.15) is 12.5 Å². The van der Waals surface area contributed by atoms with Crippen LogP contribution in [0.2, 0.25) is 0 Å². The molecule has 1 amide bonds. The molecule has 0 spiro atoms. The molecule has 5 aromatic rings. The van der Waals surface area contributed by atoms with E-state index in [0.717, 1.165) is 37.9 Å². The second-order valence-corrected chi connectivity index (χ2v) is 7.74. The first-order valence-electron chi connectivity index (χ1n) is 10.6. The summed E-state index contributed by atoms with van der Waals surface area (Å²) in [6.07, 6.45) is 1.03. The van der Waals surface area contributed by atoms with Gasteiger partial charge in [0.1, 0.15) is 5.75 Å². The lowest BCUT2D eigenvalue weighted by Crippen LogP contribution is -2.33. The molecule has 4 heteroatoms. The molecule has 0 unspecified atom stereocenters. The number of carbonyl (C=O) groups is 1. The summed E-state index contributed by atoms with van der Waals surface area (Å²) in [5.41, 5.74) is 3.60. The zero-order chi connectivity index (χ0) is 21.9. The SMILES string of the molecule is C[C@H](Oc1ccc2ccccc2c1)C(=O)N/N=C\c1c2ccccc2cc2ccccc12. The molecular weight excluding hydrogens is 396 g/mol. The number of rotatable bonds is 5. The Hall–Kier alpha value is -4.18. The standard InChI is InChI=1S/C28H22N2O2/c1-19(32-24-15-14-20-8-2-3-9-21(20)17-24)28(31)30-29-18-27-25-12-6-4-10-22(25)16-23-11-5-7-13-26(23)27/h2-19H,1H3,(H,30,31)/b29-18-/t19-/m0/s1. The molecule has 156 valence electrons. The molecule has 1 N–H and O–H groups in total. The Kier molecular flexibility index (Phi) is 5.26. The lowest BCUT2D eigenvalue weighted by atomic mass is 9.97. The number of hydrazone groups is 1. The second kappa shape index (κ2) is 8.52. The van der Waals surface area contributed by atoms with E-state index in [0.29, 0.717) is 5.75 Å². The fourth-order valence-electron chi connectivity index (χ4n) is 3.94. The Labute approximate surface area is 186 Å². The van der Waals surface area contributed by atoms with Crippen LogP contribution in [-0.2, 0) is 4.79 Å². The minimum atomic E-state index is -0.683. The van der Waals surface area contributed by atoms with Gasteiger partial charge in [-0.15, -0.1) is 0 Å². The highest BCUT2D eigenvalue weighted by Crippen LogP contribution is 2.27. The van der Waals surface area contributed by atoms with E-state index in [9.17, 15) is 4.79 Å². The van der Waals surface area contributed by atoms with E-state index in [1.807, 2.05) is 66.7 Å². The molecule has 0 heterocycles. The highest BCUT2D eigenvalue weighted by molar-refractivity contribution is 6.13. The lowest BCUT2D eigenvalue weighted by Gasteiger charge is -2.13. The summed E-state index contributed by atoms with van der Waals surface area (Å²) in [6, 6.07) is 32.3. The Balaban J connectivity index is 1.35. The van der Waals surface area contributed by atoms with Crippen molar-refractivity contribution in [3.63, 3.8) is 0 Å². The second-order valence-electron chi connectivity index (χ2n) is 7.74. The van der Waals surface area contributed by atoms with Crippen molar-refractivity contribution in [2.75, 3.05) is 0 Å². The molecule has 5 rings (SSSR count). The van der Waals surface area contributed by atoms with Crippen LogP contribution >= 0.6 is 0 Å². The van der Waals surface area contributed by atoms with Gasteiger partial charge >= 0.3 is 0 Å².